The van der Waals surface area contributed by atoms with Crippen molar-refractivity contribution in [3.05, 3.63) is 64.5 Å². The molecule has 1 atom stereocenters. The van der Waals surface area contributed by atoms with Crippen molar-refractivity contribution in [1.82, 2.24) is 0 Å². The highest BCUT2D eigenvalue weighted by Crippen LogP contribution is 2.25. The van der Waals surface area contributed by atoms with Crippen LogP contribution in [-0.2, 0) is 9.47 Å². The number of anilines is 1. The second-order valence-electron chi connectivity index (χ2n) is 7.28. The molecule has 1 heterocycles. The molecule has 1 fully saturated rings. The number of ether oxygens (including phenoxy) is 2. The monoisotopic (exact) mass is 401 g/mol. The summed E-state index contributed by atoms with van der Waals surface area (Å²) in [5, 5.41) is 0. The molecule has 0 saturated carbocycles. The molecule has 0 spiro atoms. The van der Waals surface area contributed by atoms with Gasteiger partial charge in [-0.15, -0.1) is 0 Å². The molecule has 3 rings (SSSR count). The van der Waals surface area contributed by atoms with Crippen molar-refractivity contribution in [1.29, 1.82) is 0 Å². The molecule has 0 radical (unpaired) electrons. The normalized spacial score (nSPS) is 15.4. The molecule has 1 aliphatic heterocycles. The van der Waals surface area contributed by atoms with E-state index in [-0.39, 0.29) is 11.8 Å². The van der Waals surface area contributed by atoms with Crippen molar-refractivity contribution in [2.24, 2.45) is 5.92 Å². The number of aryl methyl sites for hydroxylation is 2. The van der Waals surface area contributed by atoms with Crippen LogP contribution in [-0.4, -0.2) is 39.2 Å². The SMILES string of the molecule is COC(=O)c1ccc(F)cc1C.COC(=O)c1ccc(N2CC[C@H](C)C2)cc1C. The quantitative estimate of drug-likeness (QED) is 0.707. The van der Waals surface area contributed by atoms with Gasteiger partial charge in [0.25, 0.3) is 0 Å². The van der Waals surface area contributed by atoms with Gasteiger partial charge in [-0.25, -0.2) is 14.0 Å². The third-order valence-electron chi connectivity index (χ3n) is 5.00. The van der Waals surface area contributed by atoms with Crippen LogP contribution < -0.4 is 4.90 Å². The number of hydrogen-bond donors (Lipinski definition) is 0. The minimum Gasteiger partial charge on any atom is -0.465 e. The van der Waals surface area contributed by atoms with Gasteiger partial charge in [0.2, 0.25) is 0 Å². The van der Waals surface area contributed by atoms with Gasteiger partial charge in [-0.2, -0.15) is 0 Å². The van der Waals surface area contributed by atoms with E-state index in [1.165, 1.54) is 44.5 Å². The van der Waals surface area contributed by atoms with E-state index in [0.717, 1.165) is 24.6 Å². The van der Waals surface area contributed by atoms with Gasteiger partial charge < -0.3 is 14.4 Å². The Labute approximate surface area is 171 Å². The first kappa shape index (κ1) is 22.4. The van der Waals surface area contributed by atoms with Gasteiger partial charge in [0.1, 0.15) is 5.82 Å². The minimum atomic E-state index is -0.438. The molecule has 29 heavy (non-hydrogen) atoms. The molecule has 2 aromatic rings. The van der Waals surface area contributed by atoms with Gasteiger partial charge in [0.05, 0.1) is 25.3 Å². The number of carbonyl (C=O) groups is 2. The third kappa shape index (κ3) is 5.79. The second kappa shape index (κ2) is 10.0. The molecule has 0 amide bonds. The van der Waals surface area contributed by atoms with Crippen molar-refractivity contribution < 1.29 is 23.5 Å². The van der Waals surface area contributed by atoms with E-state index in [1.807, 2.05) is 19.1 Å². The Morgan fingerprint density at radius 3 is 1.97 bits per heavy atom. The van der Waals surface area contributed by atoms with Crippen molar-refractivity contribution in [2.45, 2.75) is 27.2 Å². The van der Waals surface area contributed by atoms with E-state index in [1.54, 1.807) is 6.92 Å². The lowest BCUT2D eigenvalue weighted by Crippen LogP contribution is -2.19. The highest BCUT2D eigenvalue weighted by Gasteiger charge is 2.20. The molecular formula is C23H28FNO4. The van der Waals surface area contributed by atoms with Crippen LogP contribution in [0.2, 0.25) is 0 Å². The largest absolute Gasteiger partial charge is 0.465 e. The number of nitrogens with zero attached hydrogens (tertiary/aromatic N) is 1. The standard InChI is InChI=1S/C14H19NO2.C9H9FO2/c1-10-6-7-15(9-10)12-4-5-13(11(2)8-12)14(16)17-3;1-6-5-7(10)3-4-8(6)9(11)12-2/h4-5,8,10H,6-7,9H2,1-3H3;3-5H,1-2H3/t10-;/m0./s1. The lowest BCUT2D eigenvalue weighted by Gasteiger charge is -2.19. The smallest absolute Gasteiger partial charge is 0.338 e. The van der Waals surface area contributed by atoms with Crippen LogP contribution in [0.4, 0.5) is 10.1 Å². The third-order valence-corrected chi connectivity index (χ3v) is 5.00. The van der Waals surface area contributed by atoms with Crippen molar-refractivity contribution >= 4 is 17.6 Å². The Balaban J connectivity index is 0.000000221. The summed E-state index contributed by atoms with van der Waals surface area (Å²) >= 11 is 0. The van der Waals surface area contributed by atoms with Crippen LogP contribution in [0.1, 0.15) is 45.2 Å². The summed E-state index contributed by atoms with van der Waals surface area (Å²) < 4.78 is 21.8. The second-order valence-corrected chi connectivity index (χ2v) is 7.28. The molecule has 1 saturated heterocycles. The zero-order chi connectivity index (χ0) is 21.6. The van der Waals surface area contributed by atoms with Gasteiger partial charge in [0.15, 0.2) is 0 Å². The molecule has 6 heteroatoms. The van der Waals surface area contributed by atoms with Crippen LogP contribution in [0.15, 0.2) is 36.4 Å². The van der Waals surface area contributed by atoms with E-state index in [0.29, 0.717) is 16.7 Å². The van der Waals surface area contributed by atoms with E-state index in [9.17, 15) is 14.0 Å². The maximum absolute atomic E-state index is 12.6. The van der Waals surface area contributed by atoms with Gasteiger partial charge >= 0.3 is 11.9 Å². The van der Waals surface area contributed by atoms with Crippen LogP contribution in [0.25, 0.3) is 0 Å². The molecular weight excluding hydrogens is 373 g/mol. The predicted octanol–water partition coefficient (Wildman–Crippen LogP) is 4.55. The summed E-state index contributed by atoms with van der Waals surface area (Å²) in [5.41, 5.74) is 3.83. The molecule has 0 aliphatic carbocycles. The minimum absolute atomic E-state index is 0.260. The number of carbonyl (C=O) groups excluding carboxylic acids is 2. The number of rotatable bonds is 3. The Bertz CT molecular complexity index is 881. The zero-order valence-corrected chi connectivity index (χ0v) is 17.6. The van der Waals surface area contributed by atoms with Crippen molar-refractivity contribution in [2.75, 3.05) is 32.2 Å². The Morgan fingerprint density at radius 2 is 1.52 bits per heavy atom. The molecule has 0 N–H and O–H groups in total. The summed E-state index contributed by atoms with van der Waals surface area (Å²) in [6, 6.07) is 9.89. The summed E-state index contributed by atoms with van der Waals surface area (Å²) in [7, 11) is 2.71. The Kier molecular flexibility index (Phi) is 7.76. The first-order valence-electron chi connectivity index (χ1n) is 9.55. The number of hydrogen-bond acceptors (Lipinski definition) is 5. The van der Waals surface area contributed by atoms with Gasteiger partial charge in [-0.05, 0) is 73.7 Å². The van der Waals surface area contributed by atoms with Gasteiger partial charge in [0, 0.05) is 18.8 Å². The van der Waals surface area contributed by atoms with Crippen molar-refractivity contribution in [3.8, 4) is 0 Å². The van der Waals surface area contributed by atoms with E-state index in [2.05, 4.69) is 22.6 Å². The highest BCUT2D eigenvalue weighted by molar-refractivity contribution is 5.91. The van der Waals surface area contributed by atoms with Gasteiger partial charge in [-0.3, -0.25) is 0 Å². The number of esters is 2. The molecule has 1 aliphatic rings. The predicted molar refractivity (Wildman–Crippen MR) is 111 cm³/mol. The highest BCUT2D eigenvalue weighted by atomic mass is 19.1. The van der Waals surface area contributed by atoms with E-state index < -0.39 is 5.97 Å². The number of benzene rings is 2. The first-order chi connectivity index (χ1) is 13.8. The number of halogens is 1. The molecule has 2 aromatic carbocycles. The molecule has 0 bridgehead atoms. The summed E-state index contributed by atoms with van der Waals surface area (Å²) in [5.74, 6) is -0.285. The molecule has 5 nitrogen and oxygen atoms in total. The van der Waals surface area contributed by atoms with Crippen LogP contribution in [0.3, 0.4) is 0 Å². The lowest BCUT2D eigenvalue weighted by molar-refractivity contribution is 0.0591. The maximum atomic E-state index is 12.6. The van der Waals surface area contributed by atoms with E-state index in [4.69, 9.17) is 4.74 Å². The number of methoxy groups -OCH3 is 2. The summed E-state index contributed by atoms with van der Waals surface area (Å²) in [6.45, 7) is 8.11. The molecule has 0 aromatic heterocycles. The first-order valence-corrected chi connectivity index (χ1v) is 9.55. The van der Waals surface area contributed by atoms with Crippen LogP contribution >= 0.6 is 0 Å². The lowest BCUT2D eigenvalue weighted by atomic mass is 10.1. The molecule has 156 valence electrons. The maximum Gasteiger partial charge on any atom is 0.338 e. The Hall–Kier alpha value is -2.89. The fraction of sp³-hybridized carbons (Fsp3) is 0.391. The van der Waals surface area contributed by atoms with Crippen LogP contribution in [0.5, 0.6) is 0 Å². The van der Waals surface area contributed by atoms with Crippen molar-refractivity contribution in [3.63, 3.8) is 0 Å². The summed E-state index contributed by atoms with van der Waals surface area (Å²) in [4.78, 5) is 24.9. The average Bonchev–Trinajstić information content (AvgIpc) is 3.13. The Morgan fingerprint density at radius 1 is 0.966 bits per heavy atom. The average molecular weight is 401 g/mol. The topological polar surface area (TPSA) is 55.8 Å². The van der Waals surface area contributed by atoms with E-state index >= 15 is 0 Å². The fourth-order valence-electron chi connectivity index (χ4n) is 3.32. The van der Waals surface area contributed by atoms with Crippen LogP contribution in [0, 0.1) is 25.6 Å². The fourth-order valence-corrected chi connectivity index (χ4v) is 3.32. The van der Waals surface area contributed by atoms with Gasteiger partial charge in [-0.1, -0.05) is 6.92 Å². The summed E-state index contributed by atoms with van der Waals surface area (Å²) in [6.07, 6.45) is 1.25. The molecule has 0 unspecified atom stereocenters. The zero-order valence-electron chi connectivity index (χ0n) is 17.6.